The lowest BCUT2D eigenvalue weighted by atomic mass is 10.00. The Hall–Kier alpha value is -2.13. The minimum atomic E-state index is -4.60. The van der Waals surface area contributed by atoms with Crippen LogP contribution in [0.4, 0.5) is 0 Å². The van der Waals surface area contributed by atoms with Crippen LogP contribution >= 0.6 is 0 Å². The van der Waals surface area contributed by atoms with Gasteiger partial charge in [0.15, 0.2) is 12.4 Å². The Morgan fingerprint density at radius 2 is 1.11 bits per heavy atom. The quantitative estimate of drug-likeness (QED) is 0.0208. The minimum absolute atomic E-state index is 0.145. The molecule has 0 spiro atoms. The van der Waals surface area contributed by atoms with Crippen molar-refractivity contribution in [1.29, 1.82) is 0 Å². The topological polar surface area (TPSA) is 186 Å². The first-order valence-electron chi connectivity index (χ1n) is 21.5. The number of esters is 2. The summed E-state index contributed by atoms with van der Waals surface area (Å²) in [6.45, 7) is 3.66. The summed E-state index contributed by atoms with van der Waals surface area (Å²) in [4.78, 5) is 25.3. The van der Waals surface area contributed by atoms with Gasteiger partial charge in [0.25, 0.3) is 10.1 Å². The second-order valence-electron chi connectivity index (χ2n) is 15.0. The van der Waals surface area contributed by atoms with E-state index in [-0.39, 0.29) is 19.4 Å². The first kappa shape index (κ1) is 51.9. The van der Waals surface area contributed by atoms with Gasteiger partial charge in [-0.05, 0) is 57.8 Å². The molecule has 0 radical (unpaired) electrons. The smallest absolute Gasteiger partial charge is 0.306 e. The van der Waals surface area contributed by atoms with Crippen LogP contribution in [0.5, 0.6) is 0 Å². The normalized spacial score (nSPS) is 21.0. The molecule has 6 atom stereocenters. The summed E-state index contributed by atoms with van der Waals surface area (Å²) in [5, 5.41) is 30.8. The molecule has 1 aliphatic rings. The molecule has 12 nitrogen and oxygen atoms in total. The molecule has 1 saturated heterocycles. The molecule has 0 bridgehead atoms. The maximum Gasteiger partial charge on any atom is 0.306 e. The van der Waals surface area contributed by atoms with Crippen LogP contribution in [0.2, 0.25) is 0 Å². The van der Waals surface area contributed by atoms with Crippen molar-refractivity contribution in [2.75, 3.05) is 19.0 Å². The van der Waals surface area contributed by atoms with Crippen molar-refractivity contribution in [1.82, 2.24) is 0 Å². The summed E-state index contributed by atoms with van der Waals surface area (Å²) in [7, 11) is -4.60. The standard InChI is InChI=1S/C43H76O12S/c1-3-5-7-9-11-13-15-16-17-18-19-20-22-23-25-27-29-31-38(44)52-33-36(54-39(45)32-30-28-26-24-21-14-12-10-8-6-4-2)34-53-43-42(48)41(47)40(46)37(55-43)35-56(49,50)51/h10,12,19-20,23,25,36-37,40-43,46-48H,3-9,11,13-18,21-22,24,26-35H2,1-2H3,(H,49,50,51)/b12-10+,20-19+,25-23+/t36-,37-,40-,41?,42?,43+/m1/s1. The highest BCUT2D eigenvalue weighted by Crippen LogP contribution is 2.24. The van der Waals surface area contributed by atoms with E-state index in [1.165, 1.54) is 70.6 Å². The van der Waals surface area contributed by atoms with Crippen molar-refractivity contribution in [3.63, 3.8) is 0 Å². The molecule has 2 unspecified atom stereocenters. The van der Waals surface area contributed by atoms with Gasteiger partial charge in [0.1, 0.15) is 36.8 Å². The van der Waals surface area contributed by atoms with E-state index >= 15 is 0 Å². The summed E-state index contributed by atoms with van der Waals surface area (Å²) in [6, 6.07) is 0. The van der Waals surface area contributed by atoms with Crippen LogP contribution in [0.1, 0.15) is 168 Å². The van der Waals surface area contributed by atoms with E-state index in [0.29, 0.717) is 19.3 Å². The summed E-state index contributed by atoms with van der Waals surface area (Å²) in [6.07, 6.45) is 27.8. The molecule has 56 heavy (non-hydrogen) atoms. The van der Waals surface area contributed by atoms with Crippen molar-refractivity contribution in [3.05, 3.63) is 36.5 Å². The predicted molar refractivity (Wildman–Crippen MR) is 219 cm³/mol. The Morgan fingerprint density at radius 3 is 1.70 bits per heavy atom. The number of hydrogen-bond acceptors (Lipinski definition) is 11. The fourth-order valence-corrected chi connectivity index (χ4v) is 6.98. The summed E-state index contributed by atoms with van der Waals surface area (Å²) < 4.78 is 53.9. The lowest BCUT2D eigenvalue weighted by molar-refractivity contribution is -0.297. The van der Waals surface area contributed by atoms with Gasteiger partial charge in [0.05, 0.1) is 6.61 Å². The molecule has 13 heteroatoms. The highest BCUT2D eigenvalue weighted by Gasteiger charge is 2.46. The fourth-order valence-electron chi connectivity index (χ4n) is 6.28. The van der Waals surface area contributed by atoms with Gasteiger partial charge in [0.2, 0.25) is 0 Å². The number of hydrogen-bond donors (Lipinski definition) is 4. The number of aliphatic hydroxyl groups excluding tert-OH is 3. The number of carbonyl (C=O) groups excluding carboxylic acids is 2. The Labute approximate surface area is 338 Å². The SMILES string of the molecule is CCCC/C=C/CCCCCCCC(=O)O[C@H](COC(=O)CCC/C=C/C/C=C/CCCCCCCCCCC)CO[C@H]1O[C@H](CS(=O)(=O)O)[C@@H](O)C(O)C1O. The number of ether oxygens (including phenoxy) is 4. The third-order valence-corrected chi connectivity index (χ3v) is 10.4. The van der Waals surface area contributed by atoms with Crippen molar-refractivity contribution in [2.24, 2.45) is 0 Å². The third kappa shape index (κ3) is 28.3. The van der Waals surface area contributed by atoms with Crippen LogP contribution in [0.3, 0.4) is 0 Å². The van der Waals surface area contributed by atoms with E-state index < -0.39 is 71.2 Å². The number of aliphatic hydroxyl groups is 3. The van der Waals surface area contributed by atoms with Crippen molar-refractivity contribution in [2.45, 2.75) is 205 Å². The highest BCUT2D eigenvalue weighted by molar-refractivity contribution is 7.85. The van der Waals surface area contributed by atoms with Crippen LogP contribution in [0.25, 0.3) is 0 Å². The van der Waals surface area contributed by atoms with E-state index in [9.17, 15) is 37.9 Å². The summed E-state index contributed by atoms with van der Waals surface area (Å²) >= 11 is 0. The maximum absolute atomic E-state index is 12.7. The lowest BCUT2D eigenvalue weighted by Crippen LogP contribution is -2.60. The van der Waals surface area contributed by atoms with Crippen LogP contribution in [0.15, 0.2) is 36.5 Å². The van der Waals surface area contributed by atoms with Gasteiger partial charge in [-0.15, -0.1) is 0 Å². The molecule has 0 aromatic heterocycles. The molecule has 0 aromatic carbocycles. The Kier molecular flexibility index (Phi) is 31.3. The van der Waals surface area contributed by atoms with Crippen LogP contribution in [-0.4, -0.2) is 96.0 Å². The number of unbranched alkanes of at least 4 members (excludes halogenated alkanes) is 17. The van der Waals surface area contributed by atoms with Gasteiger partial charge >= 0.3 is 11.9 Å². The molecule has 0 amide bonds. The zero-order valence-electron chi connectivity index (χ0n) is 34.5. The average Bonchev–Trinajstić information content (AvgIpc) is 3.16. The van der Waals surface area contributed by atoms with Gasteiger partial charge in [-0.1, -0.05) is 134 Å². The van der Waals surface area contributed by atoms with E-state index in [0.717, 1.165) is 51.4 Å². The molecule has 0 saturated carbocycles. The number of rotatable bonds is 35. The molecule has 326 valence electrons. The number of carbonyl (C=O) groups is 2. The van der Waals surface area contributed by atoms with Crippen LogP contribution < -0.4 is 0 Å². The Balaban J connectivity index is 2.49. The van der Waals surface area contributed by atoms with Crippen molar-refractivity contribution in [3.8, 4) is 0 Å². The second-order valence-corrected chi connectivity index (χ2v) is 16.5. The van der Waals surface area contributed by atoms with Gasteiger partial charge in [-0.2, -0.15) is 8.42 Å². The summed E-state index contributed by atoms with van der Waals surface area (Å²) in [5.41, 5.74) is 0. The first-order chi connectivity index (χ1) is 27.0. The number of allylic oxidation sites excluding steroid dienone is 6. The minimum Gasteiger partial charge on any atom is -0.462 e. The van der Waals surface area contributed by atoms with Gasteiger partial charge in [0, 0.05) is 12.8 Å². The zero-order chi connectivity index (χ0) is 41.3. The van der Waals surface area contributed by atoms with Crippen LogP contribution in [0, 0.1) is 0 Å². The Bertz CT molecular complexity index is 1190. The van der Waals surface area contributed by atoms with Gasteiger partial charge < -0.3 is 34.3 Å². The van der Waals surface area contributed by atoms with Crippen molar-refractivity contribution >= 4 is 22.1 Å². The summed E-state index contributed by atoms with van der Waals surface area (Å²) in [5.74, 6) is -2.05. The lowest BCUT2D eigenvalue weighted by Gasteiger charge is -2.40. The van der Waals surface area contributed by atoms with Crippen molar-refractivity contribution < 1.29 is 56.8 Å². The molecular weight excluding hydrogens is 741 g/mol. The molecule has 1 rings (SSSR count). The van der Waals surface area contributed by atoms with E-state index in [1.54, 1.807) is 0 Å². The molecular formula is C43H76O12S. The fraction of sp³-hybridized carbons (Fsp3) is 0.814. The maximum atomic E-state index is 12.7. The largest absolute Gasteiger partial charge is 0.462 e. The molecule has 0 aromatic rings. The third-order valence-electron chi connectivity index (χ3n) is 9.69. The van der Waals surface area contributed by atoms with Gasteiger partial charge in [-0.3, -0.25) is 14.1 Å². The monoisotopic (exact) mass is 817 g/mol. The van der Waals surface area contributed by atoms with E-state index in [2.05, 4.69) is 44.2 Å². The van der Waals surface area contributed by atoms with Gasteiger partial charge in [-0.25, -0.2) is 0 Å². The van der Waals surface area contributed by atoms with E-state index in [1.807, 2.05) is 6.08 Å². The van der Waals surface area contributed by atoms with Crippen LogP contribution in [-0.2, 0) is 38.7 Å². The molecule has 1 aliphatic heterocycles. The molecule has 0 aliphatic carbocycles. The molecule has 1 fully saturated rings. The average molecular weight is 817 g/mol. The Morgan fingerprint density at radius 1 is 0.607 bits per heavy atom. The predicted octanol–water partition coefficient (Wildman–Crippen LogP) is 8.22. The first-order valence-corrected chi connectivity index (χ1v) is 23.2. The zero-order valence-corrected chi connectivity index (χ0v) is 35.3. The molecule has 4 N–H and O–H groups in total. The molecule has 1 heterocycles. The van der Waals surface area contributed by atoms with E-state index in [4.69, 9.17) is 18.9 Å². The highest BCUT2D eigenvalue weighted by atomic mass is 32.2. The second kappa shape index (κ2) is 33.8.